The quantitative estimate of drug-likeness (QED) is 0.445. The second-order valence-electron chi connectivity index (χ2n) is 8.69. The molecule has 0 N–H and O–H groups in total. The van der Waals surface area contributed by atoms with Gasteiger partial charge in [-0.25, -0.2) is 9.38 Å². The van der Waals surface area contributed by atoms with Crippen LogP contribution in [0, 0.1) is 5.92 Å². The van der Waals surface area contributed by atoms with E-state index in [0.29, 0.717) is 24.0 Å². The smallest absolute Gasteiger partial charge is 0.226 e. The van der Waals surface area contributed by atoms with Crippen molar-refractivity contribution in [1.82, 2.24) is 24.5 Å². The Labute approximate surface area is 194 Å². The fraction of sp³-hybridized carbons (Fsp3) is 0.391. The van der Waals surface area contributed by atoms with E-state index in [0.717, 1.165) is 52.6 Å². The van der Waals surface area contributed by atoms with Crippen molar-refractivity contribution in [1.29, 1.82) is 0 Å². The molecular weight excluding hydrogens is 444 g/mol. The average Bonchev–Trinajstić information content (AvgIpc) is 3.41. The van der Waals surface area contributed by atoms with Crippen LogP contribution in [0.4, 0.5) is 5.95 Å². The topological polar surface area (TPSA) is 66.6 Å². The summed E-state index contributed by atoms with van der Waals surface area (Å²) in [6.07, 6.45) is 3.24. The molecule has 2 fully saturated rings. The zero-order valence-electron chi connectivity index (χ0n) is 17.7. The highest BCUT2D eigenvalue weighted by Crippen LogP contribution is 2.33. The number of hydrogen-bond acceptors (Lipinski definition) is 6. The predicted octanol–water partition coefficient (Wildman–Crippen LogP) is 4.50. The fourth-order valence-electron chi connectivity index (χ4n) is 4.73. The second kappa shape index (κ2) is 7.71. The molecule has 0 unspecified atom stereocenters. The third kappa shape index (κ3) is 3.16. The first-order valence-corrected chi connectivity index (χ1v) is 12.3. The van der Waals surface area contributed by atoms with Gasteiger partial charge in [-0.15, -0.1) is 21.5 Å². The molecule has 32 heavy (non-hydrogen) atoms. The Morgan fingerprint density at radius 2 is 2.06 bits per heavy atom. The standard InChI is InChI=1S/C23H23ClN6OS/c1-14-13-28(9-10-29(14)22(31)15-4-2-5-15)23-25-18-12-16(24)7-8-17(18)20-26-27-21(30(20)23)19-6-3-11-32-19/h3,6-8,11-12,14-15H,2,4-5,9-10,13H2,1H3/t14-/m0/s1. The van der Waals surface area contributed by atoms with E-state index in [1.807, 2.05) is 29.6 Å². The molecule has 7 nitrogen and oxygen atoms in total. The van der Waals surface area contributed by atoms with Crippen LogP contribution in [-0.2, 0) is 4.79 Å². The van der Waals surface area contributed by atoms with E-state index in [2.05, 4.69) is 37.4 Å². The van der Waals surface area contributed by atoms with Gasteiger partial charge in [-0.05, 0) is 49.4 Å². The summed E-state index contributed by atoms with van der Waals surface area (Å²) in [6.45, 7) is 4.27. The highest BCUT2D eigenvalue weighted by molar-refractivity contribution is 7.13. The lowest BCUT2D eigenvalue weighted by Gasteiger charge is -2.43. The normalized spacial score (nSPS) is 19.6. The van der Waals surface area contributed by atoms with E-state index >= 15 is 0 Å². The molecule has 1 atom stereocenters. The number of piperazine rings is 1. The molecule has 164 valence electrons. The number of amides is 1. The molecule has 1 aromatic carbocycles. The predicted molar refractivity (Wildman–Crippen MR) is 127 cm³/mol. The third-order valence-electron chi connectivity index (χ3n) is 6.67. The summed E-state index contributed by atoms with van der Waals surface area (Å²) in [4.78, 5) is 23.3. The number of halogens is 1. The summed E-state index contributed by atoms with van der Waals surface area (Å²) in [5.74, 6) is 2.12. The molecule has 1 saturated heterocycles. The number of anilines is 1. The van der Waals surface area contributed by atoms with E-state index in [1.54, 1.807) is 11.3 Å². The van der Waals surface area contributed by atoms with Gasteiger partial charge in [-0.2, -0.15) is 0 Å². The number of fused-ring (bicyclic) bond motifs is 3. The van der Waals surface area contributed by atoms with Crippen LogP contribution in [0.15, 0.2) is 35.7 Å². The lowest BCUT2D eigenvalue weighted by atomic mass is 9.84. The van der Waals surface area contributed by atoms with Crippen molar-refractivity contribution in [2.24, 2.45) is 5.92 Å². The molecular formula is C23H23ClN6OS. The van der Waals surface area contributed by atoms with Crippen molar-refractivity contribution >= 4 is 51.3 Å². The van der Waals surface area contributed by atoms with Crippen LogP contribution in [0.5, 0.6) is 0 Å². The number of carbonyl (C=O) groups excluding carboxylic acids is 1. The third-order valence-corrected chi connectivity index (χ3v) is 7.77. The van der Waals surface area contributed by atoms with Gasteiger partial charge in [0.05, 0.1) is 10.4 Å². The Balaban J connectivity index is 1.44. The van der Waals surface area contributed by atoms with Crippen molar-refractivity contribution in [3.63, 3.8) is 0 Å². The van der Waals surface area contributed by atoms with Crippen LogP contribution >= 0.6 is 22.9 Å². The number of benzene rings is 1. The van der Waals surface area contributed by atoms with E-state index in [4.69, 9.17) is 16.6 Å². The number of hydrogen-bond donors (Lipinski definition) is 0. The second-order valence-corrected chi connectivity index (χ2v) is 10.1. The van der Waals surface area contributed by atoms with Gasteiger partial charge >= 0.3 is 0 Å². The summed E-state index contributed by atoms with van der Waals surface area (Å²) in [6, 6.07) is 9.87. The van der Waals surface area contributed by atoms with Gasteiger partial charge in [0.1, 0.15) is 0 Å². The van der Waals surface area contributed by atoms with Gasteiger partial charge in [0.15, 0.2) is 11.5 Å². The van der Waals surface area contributed by atoms with Crippen molar-refractivity contribution in [2.75, 3.05) is 24.5 Å². The maximum atomic E-state index is 12.9. The summed E-state index contributed by atoms with van der Waals surface area (Å²) >= 11 is 7.91. The minimum atomic E-state index is 0.116. The molecule has 1 amide bonds. The molecule has 0 spiro atoms. The highest BCUT2D eigenvalue weighted by atomic mass is 35.5. The summed E-state index contributed by atoms with van der Waals surface area (Å²) in [5, 5.41) is 12.7. The summed E-state index contributed by atoms with van der Waals surface area (Å²) in [5.41, 5.74) is 1.57. The lowest BCUT2D eigenvalue weighted by molar-refractivity contribution is -0.140. The minimum Gasteiger partial charge on any atom is -0.338 e. The largest absolute Gasteiger partial charge is 0.338 e. The summed E-state index contributed by atoms with van der Waals surface area (Å²) in [7, 11) is 0. The molecule has 0 radical (unpaired) electrons. The number of carbonyl (C=O) groups is 1. The molecule has 4 aromatic rings. The number of aromatic nitrogens is 4. The van der Waals surface area contributed by atoms with Gasteiger partial charge in [0.2, 0.25) is 11.9 Å². The lowest BCUT2D eigenvalue weighted by Crippen LogP contribution is -2.56. The Morgan fingerprint density at radius 1 is 1.19 bits per heavy atom. The van der Waals surface area contributed by atoms with Crippen molar-refractivity contribution < 1.29 is 4.79 Å². The SMILES string of the molecule is C[C@H]1CN(c2nc3cc(Cl)ccc3c3nnc(-c4cccs4)n23)CCN1C(=O)C1CCC1. The van der Waals surface area contributed by atoms with Crippen molar-refractivity contribution in [3.8, 4) is 10.7 Å². The number of nitrogens with zero attached hydrogens (tertiary/aromatic N) is 6. The molecule has 9 heteroatoms. The van der Waals surface area contributed by atoms with Gasteiger partial charge in [0, 0.05) is 42.0 Å². The van der Waals surface area contributed by atoms with Crippen LogP contribution in [0.2, 0.25) is 5.02 Å². The maximum absolute atomic E-state index is 12.9. The van der Waals surface area contributed by atoms with E-state index < -0.39 is 0 Å². The Hall–Kier alpha value is -2.71. The minimum absolute atomic E-state index is 0.116. The van der Waals surface area contributed by atoms with Crippen LogP contribution < -0.4 is 4.90 Å². The molecule has 1 aliphatic heterocycles. The average molecular weight is 467 g/mol. The zero-order chi connectivity index (χ0) is 21.8. The number of thiophene rings is 1. The monoisotopic (exact) mass is 466 g/mol. The highest BCUT2D eigenvalue weighted by Gasteiger charge is 2.35. The van der Waals surface area contributed by atoms with Gasteiger partial charge in [-0.3, -0.25) is 4.79 Å². The first kappa shape index (κ1) is 19.9. The molecule has 1 saturated carbocycles. The zero-order valence-corrected chi connectivity index (χ0v) is 19.3. The van der Waals surface area contributed by atoms with Gasteiger partial charge in [-0.1, -0.05) is 24.1 Å². The molecule has 1 aliphatic carbocycles. The van der Waals surface area contributed by atoms with Crippen molar-refractivity contribution in [3.05, 3.63) is 40.7 Å². The fourth-order valence-corrected chi connectivity index (χ4v) is 5.59. The van der Waals surface area contributed by atoms with Crippen molar-refractivity contribution in [2.45, 2.75) is 32.2 Å². The van der Waals surface area contributed by atoms with E-state index in [9.17, 15) is 4.79 Å². The Morgan fingerprint density at radius 3 is 2.78 bits per heavy atom. The number of rotatable bonds is 3. The van der Waals surface area contributed by atoms with Crippen LogP contribution in [-0.4, -0.2) is 56.1 Å². The first-order valence-electron chi connectivity index (χ1n) is 11.0. The van der Waals surface area contributed by atoms with Crippen LogP contribution in [0.1, 0.15) is 26.2 Å². The summed E-state index contributed by atoms with van der Waals surface area (Å²) < 4.78 is 2.05. The Kier molecular flexibility index (Phi) is 4.80. The Bertz CT molecular complexity index is 1320. The van der Waals surface area contributed by atoms with Crippen LogP contribution in [0.3, 0.4) is 0 Å². The van der Waals surface area contributed by atoms with E-state index in [1.165, 1.54) is 6.42 Å². The molecule has 2 aliphatic rings. The first-order chi connectivity index (χ1) is 15.6. The molecule has 4 heterocycles. The van der Waals surface area contributed by atoms with Crippen LogP contribution in [0.25, 0.3) is 27.3 Å². The van der Waals surface area contributed by atoms with Gasteiger partial charge < -0.3 is 9.80 Å². The maximum Gasteiger partial charge on any atom is 0.226 e. The van der Waals surface area contributed by atoms with Gasteiger partial charge in [0.25, 0.3) is 0 Å². The van der Waals surface area contributed by atoms with E-state index in [-0.39, 0.29) is 12.0 Å². The molecule has 0 bridgehead atoms. The molecule has 6 rings (SSSR count). The molecule has 3 aromatic heterocycles.